The first-order valence-electron chi connectivity index (χ1n) is 7.57. The Hall–Kier alpha value is -2.43. The highest BCUT2D eigenvalue weighted by molar-refractivity contribution is 5.78. The number of hydrogen-bond acceptors (Lipinski definition) is 4. The molecule has 0 bridgehead atoms. The summed E-state index contributed by atoms with van der Waals surface area (Å²) in [4.78, 5) is 14.3. The number of amides is 1. The summed E-state index contributed by atoms with van der Waals surface area (Å²) in [6.45, 7) is 4.72. The van der Waals surface area contributed by atoms with E-state index in [9.17, 15) is 4.79 Å². The Kier molecular flexibility index (Phi) is 5.68. The van der Waals surface area contributed by atoms with E-state index in [0.717, 1.165) is 11.3 Å². The van der Waals surface area contributed by atoms with Gasteiger partial charge in [-0.1, -0.05) is 19.9 Å². The smallest absolute Gasteiger partial charge is 0.225 e. The molecule has 0 saturated heterocycles. The molecule has 1 heterocycles. The molecular formula is C18H23NO4. The second-order valence-corrected chi connectivity index (χ2v) is 5.62. The lowest BCUT2D eigenvalue weighted by atomic mass is 10.1. The van der Waals surface area contributed by atoms with Crippen LogP contribution in [0.5, 0.6) is 11.5 Å². The fourth-order valence-electron chi connectivity index (χ4n) is 2.37. The third-order valence-corrected chi connectivity index (χ3v) is 3.55. The normalized spacial score (nSPS) is 10.7. The molecule has 0 aliphatic heterocycles. The summed E-state index contributed by atoms with van der Waals surface area (Å²) in [5.74, 6) is 2.09. The van der Waals surface area contributed by atoms with Crippen LogP contribution in [0.3, 0.4) is 0 Å². The number of nitrogens with zero attached hydrogens (tertiary/aromatic N) is 1. The molecular weight excluding hydrogens is 294 g/mol. The van der Waals surface area contributed by atoms with Crippen LogP contribution in [0.25, 0.3) is 0 Å². The van der Waals surface area contributed by atoms with Gasteiger partial charge in [-0.15, -0.1) is 0 Å². The highest BCUT2D eigenvalue weighted by Gasteiger charge is 2.19. The monoisotopic (exact) mass is 317 g/mol. The van der Waals surface area contributed by atoms with Crippen molar-refractivity contribution >= 4 is 5.91 Å². The maximum atomic E-state index is 12.5. The molecule has 0 saturated carbocycles. The van der Waals surface area contributed by atoms with Crippen LogP contribution in [-0.2, 0) is 17.9 Å². The summed E-state index contributed by atoms with van der Waals surface area (Å²) >= 11 is 0. The predicted molar refractivity (Wildman–Crippen MR) is 87.3 cm³/mol. The molecule has 0 aliphatic rings. The van der Waals surface area contributed by atoms with Crippen molar-refractivity contribution in [2.45, 2.75) is 26.9 Å². The van der Waals surface area contributed by atoms with E-state index < -0.39 is 0 Å². The Labute approximate surface area is 136 Å². The quantitative estimate of drug-likeness (QED) is 0.784. The van der Waals surface area contributed by atoms with Crippen LogP contribution in [0.4, 0.5) is 0 Å². The van der Waals surface area contributed by atoms with Gasteiger partial charge in [0.15, 0.2) is 11.5 Å². The maximum absolute atomic E-state index is 12.5. The summed E-state index contributed by atoms with van der Waals surface area (Å²) in [6, 6.07) is 9.36. The minimum absolute atomic E-state index is 0.0786. The van der Waals surface area contributed by atoms with E-state index in [0.29, 0.717) is 24.6 Å². The van der Waals surface area contributed by atoms with Crippen molar-refractivity contribution in [1.29, 1.82) is 0 Å². The van der Waals surface area contributed by atoms with Gasteiger partial charge in [0.25, 0.3) is 0 Å². The lowest BCUT2D eigenvalue weighted by Crippen LogP contribution is -2.33. The van der Waals surface area contributed by atoms with Gasteiger partial charge in [0, 0.05) is 12.5 Å². The number of ether oxygens (including phenoxy) is 2. The van der Waals surface area contributed by atoms with Crippen molar-refractivity contribution < 1.29 is 18.7 Å². The van der Waals surface area contributed by atoms with E-state index in [1.54, 1.807) is 25.4 Å². The molecule has 5 nitrogen and oxygen atoms in total. The van der Waals surface area contributed by atoms with Crippen LogP contribution < -0.4 is 9.47 Å². The van der Waals surface area contributed by atoms with E-state index in [4.69, 9.17) is 13.9 Å². The zero-order valence-corrected chi connectivity index (χ0v) is 14.0. The van der Waals surface area contributed by atoms with Gasteiger partial charge >= 0.3 is 0 Å². The molecule has 0 unspecified atom stereocenters. The summed E-state index contributed by atoms with van der Waals surface area (Å²) < 4.78 is 15.9. The minimum Gasteiger partial charge on any atom is -0.493 e. The van der Waals surface area contributed by atoms with E-state index >= 15 is 0 Å². The Bertz CT molecular complexity index is 634. The molecule has 0 atom stereocenters. The average Bonchev–Trinajstić information content (AvgIpc) is 3.06. The lowest BCUT2D eigenvalue weighted by Gasteiger charge is -2.24. The van der Waals surface area contributed by atoms with Crippen LogP contribution in [0.15, 0.2) is 41.0 Å². The number of carbonyl (C=O) groups is 1. The molecule has 23 heavy (non-hydrogen) atoms. The molecule has 2 aromatic rings. The summed E-state index contributed by atoms with van der Waals surface area (Å²) in [7, 11) is 3.20. The van der Waals surface area contributed by atoms with Crippen LogP contribution in [0, 0.1) is 5.92 Å². The van der Waals surface area contributed by atoms with Crippen LogP contribution in [-0.4, -0.2) is 25.0 Å². The van der Waals surface area contributed by atoms with Gasteiger partial charge in [-0.2, -0.15) is 0 Å². The topological polar surface area (TPSA) is 51.9 Å². The first kappa shape index (κ1) is 16.9. The molecule has 0 spiro atoms. The third kappa shape index (κ3) is 4.28. The molecule has 0 aliphatic carbocycles. The van der Waals surface area contributed by atoms with Gasteiger partial charge < -0.3 is 18.8 Å². The molecule has 1 aromatic carbocycles. The first-order valence-corrected chi connectivity index (χ1v) is 7.57. The molecule has 2 rings (SSSR count). The minimum atomic E-state index is -0.0786. The van der Waals surface area contributed by atoms with Crippen molar-refractivity contribution in [2.24, 2.45) is 5.92 Å². The van der Waals surface area contributed by atoms with Gasteiger partial charge in [-0.05, 0) is 29.8 Å². The Morgan fingerprint density at radius 3 is 2.43 bits per heavy atom. The third-order valence-electron chi connectivity index (χ3n) is 3.55. The fraction of sp³-hybridized carbons (Fsp3) is 0.389. The Balaban J connectivity index is 2.21. The van der Waals surface area contributed by atoms with Crippen molar-refractivity contribution in [3.63, 3.8) is 0 Å². The number of rotatable bonds is 7. The first-order chi connectivity index (χ1) is 11.0. The van der Waals surface area contributed by atoms with Crippen LogP contribution >= 0.6 is 0 Å². The number of methoxy groups -OCH3 is 2. The molecule has 1 aromatic heterocycles. The number of hydrogen-bond donors (Lipinski definition) is 0. The lowest BCUT2D eigenvalue weighted by molar-refractivity contribution is -0.136. The SMILES string of the molecule is COc1ccc(CN(Cc2ccco2)C(=O)C(C)C)cc1OC. The maximum Gasteiger partial charge on any atom is 0.225 e. The summed E-state index contributed by atoms with van der Waals surface area (Å²) in [5, 5.41) is 0. The van der Waals surface area contributed by atoms with Gasteiger partial charge in [-0.3, -0.25) is 4.79 Å². The largest absolute Gasteiger partial charge is 0.493 e. The van der Waals surface area contributed by atoms with E-state index in [2.05, 4.69) is 0 Å². The van der Waals surface area contributed by atoms with Crippen molar-refractivity contribution in [1.82, 2.24) is 4.90 Å². The highest BCUT2D eigenvalue weighted by Crippen LogP contribution is 2.28. The van der Waals surface area contributed by atoms with Gasteiger partial charge in [-0.25, -0.2) is 0 Å². The second-order valence-electron chi connectivity index (χ2n) is 5.62. The molecule has 124 valence electrons. The zero-order chi connectivity index (χ0) is 16.8. The van der Waals surface area contributed by atoms with E-state index in [-0.39, 0.29) is 11.8 Å². The van der Waals surface area contributed by atoms with E-state index in [1.807, 2.05) is 44.2 Å². The standard InChI is InChI=1S/C18H23NO4/c1-13(2)18(20)19(12-15-6-5-9-23-15)11-14-7-8-16(21-3)17(10-14)22-4/h5-10,13H,11-12H2,1-4H3. The van der Waals surface area contributed by atoms with Gasteiger partial charge in [0.2, 0.25) is 5.91 Å². The molecule has 0 N–H and O–H groups in total. The number of furan rings is 1. The van der Waals surface area contributed by atoms with Crippen molar-refractivity contribution in [3.8, 4) is 11.5 Å². The Morgan fingerprint density at radius 1 is 1.13 bits per heavy atom. The molecule has 0 radical (unpaired) electrons. The van der Waals surface area contributed by atoms with Gasteiger partial charge in [0.05, 0.1) is 27.0 Å². The summed E-state index contributed by atoms with van der Waals surface area (Å²) in [5.41, 5.74) is 0.975. The molecule has 0 fully saturated rings. The van der Waals surface area contributed by atoms with Crippen LogP contribution in [0.1, 0.15) is 25.2 Å². The van der Waals surface area contributed by atoms with Crippen LogP contribution in [0.2, 0.25) is 0 Å². The van der Waals surface area contributed by atoms with Gasteiger partial charge in [0.1, 0.15) is 5.76 Å². The zero-order valence-electron chi connectivity index (χ0n) is 14.0. The Morgan fingerprint density at radius 2 is 1.87 bits per heavy atom. The molecule has 5 heteroatoms. The van der Waals surface area contributed by atoms with Crippen molar-refractivity contribution in [2.75, 3.05) is 14.2 Å². The fourth-order valence-corrected chi connectivity index (χ4v) is 2.37. The molecule has 1 amide bonds. The highest BCUT2D eigenvalue weighted by atomic mass is 16.5. The summed E-state index contributed by atoms with van der Waals surface area (Å²) in [6.07, 6.45) is 1.61. The second kappa shape index (κ2) is 7.72. The predicted octanol–water partition coefficient (Wildman–Crippen LogP) is 3.48. The number of benzene rings is 1. The average molecular weight is 317 g/mol. The number of carbonyl (C=O) groups excluding carboxylic acids is 1. The van der Waals surface area contributed by atoms with Crippen molar-refractivity contribution in [3.05, 3.63) is 47.9 Å². The van der Waals surface area contributed by atoms with E-state index in [1.165, 1.54) is 0 Å².